The number of para-hydroxylation sites is 1. The molecule has 0 bridgehead atoms. The third-order valence-electron chi connectivity index (χ3n) is 10.8. The van der Waals surface area contributed by atoms with E-state index in [1.807, 2.05) is 11.3 Å². The van der Waals surface area contributed by atoms with Crippen LogP contribution in [0.5, 0.6) is 0 Å². The Balaban J connectivity index is 1.09. The molecule has 0 aliphatic carbocycles. The molecule has 2 nitrogen and oxygen atoms in total. The van der Waals surface area contributed by atoms with Crippen molar-refractivity contribution in [2.75, 3.05) is 5.32 Å². The quantitative estimate of drug-likeness (QED) is 0.190. The Bertz CT molecular complexity index is 3210. The van der Waals surface area contributed by atoms with Crippen molar-refractivity contribution in [1.82, 2.24) is 4.57 Å². The fourth-order valence-corrected chi connectivity index (χ4v) is 9.51. The van der Waals surface area contributed by atoms with Gasteiger partial charge in [-0.15, -0.1) is 11.3 Å². The van der Waals surface area contributed by atoms with Crippen LogP contribution in [0, 0.1) is 0 Å². The van der Waals surface area contributed by atoms with Crippen molar-refractivity contribution in [3.05, 3.63) is 188 Å². The Labute approximate surface area is 310 Å². The summed E-state index contributed by atoms with van der Waals surface area (Å²) in [7, 11) is 0. The van der Waals surface area contributed by atoms with Gasteiger partial charge in [-0.25, -0.2) is 0 Å². The van der Waals surface area contributed by atoms with Gasteiger partial charge in [-0.3, -0.25) is 0 Å². The van der Waals surface area contributed by atoms with E-state index in [4.69, 9.17) is 0 Å². The minimum Gasteiger partial charge on any atom is -0.355 e. The van der Waals surface area contributed by atoms with Gasteiger partial charge in [-0.2, -0.15) is 0 Å². The molecule has 0 saturated heterocycles. The number of nitrogens with one attached hydrogen (secondary N) is 1. The van der Waals surface area contributed by atoms with Gasteiger partial charge in [0.2, 0.25) is 0 Å². The molecular formula is C50H32N2S. The van der Waals surface area contributed by atoms with Gasteiger partial charge in [0.05, 0.1) is 11.0 Å². The third-order valence-corrected chi connectivity index (χ3v) is 12.0. The zero-order valence-electron chi connectivity index (χ0n) is 28.8. The van der Waals surface area contributed by atoms with Crippen LogP contribution in [-0.2, 0) is 0 Å². The molecule has 0 atom stereocenters. The highest BCUT2D eigenvalue weighted by Crippen LogP contribution is 2.45. The topological polar surface area (TPSA) is 17.0 Å². The first kappa shape index (κ1) is 30.0. The van der Waals surface area contributed by atoms with E-state index in [-0.39, 0.29) is 0 Å². The van der Waals surface area contributed by atoms with Crippen LogP contribution in [0.15, 0.2) is 188 Å². The monoisotopic (exact) mass is 692 g/mol. The third kappa shape index (κ3) is 4.86. The van der Waals surface area contributed by atoms with Crippen LogP contribution < -0.4 is 5.32 Å². The lowest BCUT2D eigenvalue weighted by atomic mass is 9.96. The van der Waals surface area contributed by atoms with E-state index in [0.717, 1.165) is 11.4 Å². The number of hydrogen-bond acceptors (Lipinski definition) is 2. The fraction of sp³-hybridized carbons (Fsp3) is 0. The normalized spacial score (nSPS) is 11.8. The number of thiophene rings is 1. The summed E-state index contributed by atoms with van der Waals surface area (Å²) in [5.74, 6) is 0. The van der Waals surface area contributed by atoms with Gasteiger partial charge in [0.15, 0.2) is 0 Å². The van der Waals surface area contributed by atoms with E-state index in [1.54, 1.807) is 0 Å². The van der Waals surface area contributed by atoms with Crippen LogP contribution in [-0.4, -0.2) is 4.57 Å². The maximum absolute atomic E-state index is 3.77. The highest BCUT2D eigenvalue weighted by Gasteiger charge is 2.19. The minimum atomic E-state index is 1.09. The maximum atomic E-state index is 3.77. The Kier molecular flexibility index (Phi) is 6.76. The highest BCUT2D eigenvalue weighted by atomic mass is 32.1. The van der Waals surface area contributed by atoms with Crippen molar-refractivity contribution in [1.29, 1.82) is 0 Å². The van der Waals surface area contributed by atoms with Gasteiger partial charge in [-0.1, -0.05) is 133 Å². The van der Waals surface area contributed by atoms with Crippen molar-refractivity contribution < 1.29 is 0 Å². The average Bonchev–Trinajstić information content (AvgIpc) is 3.76. The molecule has 53 heavy (non-hydrogen) atoms. The lowest BCUT2D eigenvalue weighted by Crippen LogP contribution is -1.94. The Morgan fingerprint density at radius 2 is 1.09 bits per heavy atom. The zero-order chi connectivity index (χ0) is 34.9. The summed E-state index contributed by atoms with van der Waals surface area (Å²) in [4.78, 5) is 0. The van der Waals surface area contributed by atoms with E-state index in [2.05, 4.69) is 198 Å². The van der Waals surface area contributed by atoms with Crippen molar-refractivity contribution in [2.45, 2.75) is 0 Å². The van der Waals surface area contributed by atoms with Crippen molar-refractivity contribution in [2.24, 2.45) is 0 Å². The van der Waals surface area contributed by atoms with E-state index in [1.165, 1.54) is 91.5 Å². The summed E-state index contributed by atoms with van der Waals surface area (Å²) in [6.45, 7) is 0. The van der Waals surface area contributed by atoms with Crippen LogP contribution in [0.25, 0.3) is 91.5 Å². The summed E-state index contributed by atoms with van der Waals surface area (Å²) >= 11 is 1.90. The molecule has 2 aromatic heterocycles. The molecule has 9 aromatic carbocycles. The first-order chi connectivity index (χ1) is 26.3. The molecule has 0 radical (unpaired) electrons. The number of rotatable bonds is 5. The van der Waals surface area contributed by atoms with Crippen molar-refractivity contribution in [3.8, 4) is 27.9 Å². The second-order valence-corrected chi connectivity index (χ2v) is 14.9. The summed E-state index contributed by atoms with van der Waals surface area (Å²) in [6, 6.07) is 68.5. The number of anilines is 2. The molecule has 11 aromatic rings. The molecule has 2 heterocycles. The van der Waals surface area contributed by atoms with Gasteiger partial charge in [0.1, 0.15) is 0 Å². The molecule has 11 rings (SSSR count). The summed E-state index contributed by atoms with van der Waals surface area (Å²) in [5, 5.41) is 13.9. The lowest BCUT2D eigenvalue weighted by Gasteiger charge is -2.15. The van der Waals surface area contributed by atoms with Crippen LogP contribution >= 0.6 is 11.3 Å². The fourth-order valence-electron chi connectivity index (χ4n) is 8.25. The second kappa shape index (κ2) is 11.9. The number of aromatic nitrogens is 1. The molecule has 1 N–H and O–H groups in total. The van der Waals surface area contributed by atoms with Crippen LogP contribution in [0.4, 0.5) is 11.4 Å². The van der Waals surface area contributed by atoms with Crippen LogP contribution in [0.1, 0.15) is 0 Å². The van der Waals surface area contributed by atoms with E-state index in [0.29, 0.717) is 0 Å². The summed E-state index contributed by atoms with van der Waals surface area (Å²) in [5.41, 5.74) is 10.6. The average molecular weight is 693 g/mol. The highest BCUT2D eigenvalue weighted by molar-refractivity contribution is 7.26. The molecule has 0 unspecified atom stereocenters. The number of fused-ring (bicyclic) bond motifs is 9. The largest absolute Gasteiger partial charge is 0.355 e. The summed E-state index contributed by atoms with van der Waals surface area (Å²) < 4.78 is 5.12. The first-order valence-corrected chi connectivity index (χ1v) is 18.9. The number of hydrogen-bond donors (Lipinski definition) is 1. The van der Waals surface area contributed by atoms with Crippen LogP contribution in [0.2, 0.25) is 0 Å². The summed E-state index contributed by atoms with van der Waals surface area (Å²) in [6.07, 6.45) is 0. The number of nitrogens with zero attached hydrogens (tertiary/aromatic N) is 1. The Hall–Kier alpha value is -6.68. The van der Waals surface area contributed by atoms with Gasteiger partial charge >= 0.3 is 0 Å². The van der Waals surface area contributed by atoms with E-state index >= 15 is 0 Å². The van der Waals surface area contributed by atoms with E-state index < -0.39 is 0 Å². The molecule has 248 valence electrons. The molecule has 0 amide bonds. The molecule has 3 heteroatoms. The molecule has 0 spiro atoms. The lowest BCUT2D eigenvalue weighted by molar-refractivity contribution is 1.19. The predicted octanol–water partition coefficient (Wildman–Crippen LogP) is 14.5. The SMILES string of the molecule is c1cc(-c2ccc3c(c2)c2c4sc5ccccc5c4ccc2n3-c2ccc3ccccc3c2)cc(-c2ccccc2Nc2cccc3ccccc23)c1. The second-order valence-electron chi connectivity index (χ2n) is 13.8. The Morgan fingerprint density at radius 3 is 2.04 bits per heavy atom. The van der Waals surface area contributed by atoms with Crippen molar-refractivity contribution in [3.63, 3.8) is 0 Å². The standard InChI is InChI=1S/C50H32N2S/c1-2-13-35-30-38(25-23-32(35)11-1)52-46-27-24-36(31-43(46)49-47(52)28-26-42-41-19-6-8-22-48(41)53-50(42)49)34-15-9-16-37(29-34)40-18-5-7-20-44(40)51-45-21-10-14-33-12-3-4-17-39(33)45/h1-31,51H. The minimum absolute atomic E-state index is 1.09. The predicted molar refractivity (Wildman–Crippen MR) is 229 cm³/mol. The molecular weight excluding hydrogens is 661 g/mol. The van der Waals surface area contributed by atoms with Crippen LogP contribution in [0.3, 0.4) is 0 Å². The van der Waals surface area contributed by atoms with Gasteiger partial charge in [0, 0.05) is 59.0 Å². The van der Waals surface area contributed by atoms with Gasteiger partial charge in [0.25, 0.3) is 0 Å². The number of benzene rings is 9. The molecule has 0 aliphatic heterocycles. The first-order valence-electron chi connectivity index (χ1n) is 18.1. The zero-order valence-corrected chi connectivity index (χ0v) is 29.6. The maximum Gasteiger partial charge on any atom is 0.0555 e. The smallest absolute Gasteiger partial charge is 0.0555 e. The molecule has 0 saturated carbocycles. The van der Waals surface area contributed by atoms with E-state index in [9.17, 15) is 0 Å². The molecule has 0 fully saturated rings. The molecule has 0 aliphatic rings. The van der Waals surface area contributed by atoms with Crippen molar-refractivity contribution >= 4 is 86.2 Å². The Morgan fingerprint density at radius 1 is 0.396 bits per heavy atom. The van der Waals surface area contributed by atoms with Gasteiger partial charge in [-0.05, 0) is 87.4 Å². The van der Waals surface area contributed by atoms with Gasteiger partial charge < -0.3 is 9.88 Å².